The van der Waals surface area contributed by atoms with Crippen LogP contribution < -0.4 is 9.80 Å². The highest BCUT2D eigenvalue weighted by atomic mass is 16.3. The van der Waals surface area contributed by atoms with Crippen LogP contribution in [0, 0.1) is 6.92 Å². The summed E-state index contributed by atoms with van der Waals surface area (Å²) in [5.74, 6) is -3.77. The number of hydrogen-bond acceptors (Lipinski definition) is 5. The van der Waals surface area contributed by atoms with Crippen LogP contribution in [0.15, 0.2) is 120 Å². The van der Waals surface area contributed by atoms with Crippen LogP contribution in [-0.4, -0.2) is 34.0 Å². The number of rotatable bonds is 3. The molecule has 2 aliphatic heterocycles. The van der Waals surface area contributed by atoms with Crippen molar-refractivity contribution in [2.45, 2.75) is 12.5 Å². The molecule has 4 aromatic carbocycles. The van der Waals surface area contributed by atoms with E-state index in [0.717, 1.165) is 10.5 Å². The molecule has 0 radical (unpaired) electrons. The predicted octanol–water partition coefficient (Wildman–Crippen LogP) is 5.27. The van der Waals surface area contributed by atoms with Gasteiger partial charge in [-0.3, -0.25) is 29.0 Å². The number of benzene rings is 4. The van der Waals surface area contributed by atoms with Crippen molar-refractivity contribution in [1.29, 1.82) is 0 Å². The first-order valence-electron chi connectivity index (χ1n) is 13.1. The van der Waals surface area contributed by atoms with E-state index in [2.05, 4.69) is 0 Å². The largest absolute Gasteiger partial charge is 0.507 e. The zero-order valence-electron chi connectivity index (χ0n) is 21.9. The number of ketones is 2. The molecular formula is C34H22N2O5. The first kappa shape index (κ1) is 24.5. The summed E-state index contributed by atoms with van der Waals surface area (Å²) in [5, 5.41) is 11.8. The van der Waals surface area contributed by atoms with Crippen molar-refractivity contribution < 1.29 is 24.3 Å². The summed E-state index contributed by atoms with van der Waals surface area (Å²) in [5.41, 5.74) is 0.297. The molecule has 1 fully saturated rings. The Bertz CT molecular complexity index is 1870. The number of amides is 2. The van der Waals surface area contributed by atoms with Crippen molar-refractivity contribution in [3.63, 3.8) is 0 Å². The third-order valence-corrected chi connectivity index (χ3v) is 7.90. The van der Waals surface area contributed by atoms with Crippen molar-refractivity contribution in [3.05, 3.63) is 143 Å². The third-order valence-electron chi connectivity index (χ3n) is 7.90. The smallest absolute Gasteiger partial charge is 0.300 e. The molecule has 7 heteroatoms. The number of hydrogen-bond donors (Lipinski definition) is 1. The molecule has 0 saturated carbocycles. The topological polar surface area (TPSA) is 95.0 Å². The second kappa shape index (κ2) is 8.72. The fourth-order valence-corrected chi connectivity index (χ4v) is 6.13. The summed E-state index contributed by atoms with van der Waals surface area (Å²) >= 11 is 0. The SMILES string of the molecule is Cc1ccc(/C(O)=C2\C(=O)C(=O)N(c3ccccc3)C23C(=O)N(c2ccccc2)C2=C3C(=O)c3ccccc32)cc1. The Hall–Kier alpha value is -5.56. The van der Waals surface area contributed by atoms with Gasteiger partial charge in [-0.05, 0) is 31.2 Å². The van der Waals surface area contributed by atoms with Gasteiger partial charge in [0.2, 0.25) is 0 Å². The third kappa shape index (κ3) is 3.14. The van der Waals surface area contributed by atoms with Gasteiger partial charge < -0.3 is 5.11 Å². The molecule has 0 aromatic heterocycles. The first-order valence-corrected chi connectivity index (χ1v) is 13.1. The van der Waals surface area contributed by atoms with E-state index in [1.807, 2.05) is 6.92 Å². The fraction of sp³-hybridized carbons (Fsp3) is 0.0588. The van der Waals surface area contributed by atoms with Crippen LogP contribution in [0.3, 0.4) is 0 Å². The Labute approximate surface area is 235 Å². The van der Waals surface area contributed by atoms with E-state index >= 15 is 4.79 Å². The maximum absolute atomic E-state index is 15.0. The predicted molar refractivity (Wildman–Crippen MR) is 154 cm³/mol. The average Bonchev–Trinajstić information content (AvgIpc) is 3.53. The summed E-state index contributed by atoms with van der Waals surface area (Å²) in [4.78, 5) is 59.7. The number of aliphatic hydroxyl groups is 1. The zero-order valence-corrected chi connectivity index (χ0v) is 21.9. The van der Waals surface area contributed by atoms with E-state index in [1.165, 1.54) is 4.90 Å². The van der Waals surface area contributed by atoms with Gasteiger partial charge in [0, 0.05) is 28.1 Å². The fourth-order valence-electron chi connectivity index (χ4n) is 6.13. The highest BCUT2D eigenvalue weighted by Gasteiger charge is 2.71. The molecule has 2 amide bonds. The average molecular weight is 539 g/mol. The standard InChI is InChI=1S/C34H22N2O5/c1-20-16-18-21(19-17-20)29(37)27-31(39)32(40)36(23-12-6-3-7-13-23)34(27)26-28(24-14-8-9-15-25(24)30(26)38)35(33(34)41)22-10-4-2-5-11-22/h2-19,37H,1H3/b29-27-. The van der Waals surface area contributed by atoms with Crippen LogP contribution in [0.5, 0.6) is 0 Å². The monoisotopic (exact) mass is 538 g/mol. The Morgan fingerprint density at radius 3 is 1.85 bits per heavy atom. The number of fused-ring (bicyclic) bond motifs is 3. The molecule has 41 heavy (non-hydrogen) atoms. The van der Waals surface area contributed by atoms with Gasteiger partial charge in [-0.2, -0.15) is 0 Å². The van der Waals surface area contributed by atoms with Crippen LogP contribution in [0.1, 0.15) is 27.0 Å². The van der Waals surface area contributed by atoms with Crippen molar-refractivity contribution in [2.24, 2.45) is 0 Å². The van der Waals surface area contributed by atoms with Gasteiger partial charge in [0.05, 0.1) is 16.8 Å². The normalized spacial score (nSPS) is 20.8. The molecule has 1 aliphatic carbocycles. The highest BCUT2D eigenvalue weighted by molar-refractivity contribution is 6.58. The second-order valence-corrected chi connectivity index (χ2v) is 10.2. The van der Waals surface area contributed by atoms with Gasteiger partial charge in [0.15, 0.2) is 11.3 Å². The molecule has 1 spiro atoms. The Morgan fingerprint density at radius 2 is 1.22 bits per heavy atom. The van der Waals surface area contributed by atoms with Gasteiger partial charge in [0.1, 0.15) is 5.76 Å². The second-order valence-electron chi connectivity index (χ2n) is 10.2. The maximum atomic E-state index is 15.0. The molecule has 1 atom stereocenters. The summed E-state index contributed by atoms with van der Waals surface area (Å²) in [6.07, 6.45) is 0. The Morgan fingerprint density at radius 1 is 0.659 bits per heavy atom. The molecule has 4 aromatic rings. The minimum absolute atomic E-state index is 0.0377. The molecule has 1 saturated heterocycles. The van der Waals surface area contributed by atoms with Gasteiger partial charge >= 0.3 is 5.91 Å². The van der Waals surface area contributed by atoms with Crippen LogP contribution in [-0.2, 0) is 14.4 Å². The van der Waals surface area contributed by atoms with E-state index in [0.29, 0.717) is 22.5 Å². The van der Waals surface area contributed by atoms with Gasteiger partial charge in [-0.15, -0.1) is 0 Å². The van der Waals surface area contributed by atoms with Crippen molar-refractivity contribution in [2.75, 3.05) is 9.80 Å². The molecular weight excluding hydrogens is 516 g/mol. The molecule has 2 heterocycles. The highest BCUT2D eigenvalue weighted by Crippen LogP contribution is 2.57. The van der Waals surface area contributed by atoms with Gasteiger partial charge in [-0.25, -0.2) is 0 Å². The molecule has 1 unspecified atom stereocenters. The van der Waals surface area contributed by atoms with E-state index in [-0.39, 0.29) is 16.8 Å². The summed E-state index contributed by atoms with van der Waals surface area (Å²) < 4.78 is 0. The van der Waals surface area contributed by atoms with E-state index in [4.69, 9.17) is 0 Å². The number of aryl methyl sites for hydroxylation is 1. The van der Waals surface area contributed by atoms with Gasteiger partial charge in [0.25, 0.3) is 11.7 Å². The van der Waals surface area contributed by atoms with Gasteiger partial charge in [-0.1, -0.05) is 90.5 Å². The lowest BCUT2D eigenvalue weighted by atomic mass is 9.79. The molecule has 3 aliphatic rings. The number of carbonyl (C=O) groups is 4. The van der Waals surface area contributed by atoms with E-state index in [1.54, 1.807) is 109 Å². The maximum Gasteiger partial charge on any atom is 0.300 e. The molecule has 0 bridgehead atoms. The van der Waals surface area contributed by atoms with Crippen LogP contribution >= 0.6 is 0 Å². The number of para-hydroxylation sites is 2. The van der Waals surface area contributed by atoms with Crippen LogP contribution in [0.2, 0.25) is 0 Å². The summed E-state index contributed by atoms with van der Waals surface area (Å²) in [7, 11) is 0. The zero-order chi connectivity index (χ0) is 28.5. The van der Waals surface area contributed by atoms with Crippen molar-refractivity contribution >= 4 is 46.2 Å². The molecule has 1 N–H and O–H groups in total. The minimum atomic E-state index is -2.24. The van der Waals surface area contributed by atoms with Crippen LogP contribution in [0.4, 0.5) is 11.4 Å². The number of Topliss-reactive ketones (excluding diaryl/α,β-unsaturated/α-hetero) is 2. The Balaban J connectivity index is 1.63. The molecule has 7 rings (SSSR count). The quantitative estimate of drug-likeness (QED) is 0.218. The Kier molecular flexibility index (Phi) is 5.21. The number of nitrogens with zero attached hydrogens (tertiary/aromatic N) is 2. The lowest BCUT2D eigenvalue weighted by molar-refractivity contribution is -0.132. The lowest BCUT2D eigenvalue weighted by Gasteiger charge is -2.36. The number of anilines is 2. The number of carbonyl (C=O) groups excluding carboxylic acids is 4. The van der Waals surface area contributed by atoms with Crippen LogP contribution in [0.25, 0.3) is 11.5 Å². The number of aliphatic hydroxyl groups excluding tert-OH is 1. The minimum Gasteiger partial charge on any atom is -0.507 e. The summed E-state index contributed by atoms with van der Waals surface area (Å²) in [6, 6.07) is 30.7. The van der Waals surface area contributed by atoms with Crippen molar-refractivity contribution in [3.8, 4) is 0 Å². The first-order chi connectivity index (χ1) is 19.9. The molecule has 198 valence electrons. The summed E-state index contributed by atoms with van der Waals surface area (Å²) in [6.45, 7) is 1.88. The van der Waals surface area contributed by atoms with E-state index in [9.17, 15) is 19.5 Å². The van der Waals surface area contributed by atoms with E-state index < -0.39 is 40.3 Å². The van der Waals surface area contributed by atoms with Crippen molar-refractivity contribution in [1.82, 2.24) is 0 Å². The lowest BCUT2D eigenvalue weighted by Crippen LogP contribution is -2.57. The molecule has 7 nitrogen and oxygen atoms in total.